The zero-order valence-corrected chi connectivity index (χ0v) is 12.2. The second-order valence-corrected chi connectivity index (χ2v) is 11.6. The van der Waals surface area contributed by atoms with Gasteiger partial charge in [-0.3, -0.25) is 0 Å². The number of amides is 1. The van der Waals surface area contributed by atoms with Crippen molar-refractivity contribution >= 4 is 36.3 Å². The van der Waals surface area contributed by atoms with Gasteiger partial charge in [-0.05, 0) is 0 Å². The van der Waals surface area contributed by atoms with Gasteiger partial charge in [-0.1, -0.05) is 0 Å². The number of hydrogen-bond donors (Lipinski definition) is 1. The second kappa shape index (κ2) is 3.81. The molecule has 0 unspecified atom stereocenters. The number of hydrogen-bond acceptors (Lipinski definition) is 1. The molecular formula is C12H15NOSn. The van der Waals surface area contributed by atoms with Crippen LogP contribution in [0, 0.1) is 0 Å². The topological polar surface area (TPSA) is 29.1 Å². The number of rotatable bonds is 1. The zero-order chi connectivity index (χ0) is 11.1. The number of nitrogens with one attached hydrogen (secondary N) is 1. The van der Waals surface area contributed by atoms with E-state index in [9.17, 15) is 4.79 Å². The Morgan fingerprint density at radius 3 is 2.73 bits per heavy atom. The van der Waals surface area contributed by atoms with Crippen LogP contribution in [0.5, 0.6) is 0 Å². The van der Waals surface area contributed by atoms with Crippen molar-refractivity contribution in [2.45, 2.75) is 30.6 Å². The van der Waals surface area contributed by atoms with E-state index in [0.29, 0.717) is 9.85 Å². The molecule has 0 saturated carbocycles. The van der Waals surface area contributed by atoms with Gasteiger partial charge in [0.25, 0.3) is 0 Å². The molecule has 0 atom stereocenters. The third kappa shape index (κ3) is 2.74. The first-order chi connectivity index (χ1) is 6.94. The van der Waals surface area contributed by atoms with Gasteiger partial charge in [0.15, 0.2) is 0 Å². The van der Waals surface area contributed by atoms with E-state index in [4.69, 9.17) is 0 Å². The molecule has 2 nitrogen and oxygen atoms in total. The molecule has 1 aliphatic heterocycles. The minimum absolute atomic E-state index is 0.128. The Morgan fingerprint density at radius 1 is 1.33 bits per heavy atom. The van der Waals surface area contributed by atoms with Gasteiger partial charge < -0.3 is 0 Å². The van der Waals surface area contributed by atoms with E-state index < -0.39 is 21.1 Å². The molecule has 78 valence electrons. The summed E-state index contributed by atoms with van der Waals surface area (Å²) in [5.41, 5.74) is 2.19. The molecule has 3 heteroatoms. The average Bonchev–Trinajstić information content (AvgIpc) is 2.40. The molecule has 15 heavy (non-hydrogen) atoms. The predicted octanol–water partition coefficient (Wildman–Crippen LogP) is 1.73. The van der Waals surface area contributed by atoms with Crippen molar-refractivity contribution in [2.24, 2.45) is 0 Å². The number of anilines is 1. The minimum atomic E-state index is -0.551. The SMILES string of the molecule is C[C](C)(C)[Sn][c]1ccc2c(c1)NC(=O)C2. The van der Waals surface area contributed by atoms with Crippen molar-refractivity contribution in [3.8, 4) is 0 Å². The fourth-order valence-electron chi connectivity index (χ4n) is 1.73. The fraction of sp³-hybridized carbons (Fsp3) is 0.417. The van der Waals surface area contributed by atoms with Crippen LogP contribution >= 0.6 is 0 Å². The second-order valence-electron chi connectivity index (χ2n) is 4.97. The van der Waals surface area contributed by atoms with Gasteiger partial charge in [0, 0.05) is 0 Å². The Kier molecular flexibility index (Phi) is 2.79. The van der Waals surface area contributed by atoms with Crippen molar-refractivity contribution in [2.75, 3.05) is 5.32 Å². The van der Waals surface area contributed by atoms with Crippen molar-refractivity contribution in [1.29, 1.82) is 0 Å². The van der Waals surface area contributed by atoms with Gasteiger partial charge in [0.05, 0.1) is 0 Å². The monoisotopic (exact) mass is 309 g/mol. The van der Waals surface area contributed by atoms with Crippen molar-refractivity contribution < 1.29 is 4.79 Å². The van der Waals surface area contributed by atoms with Crippen LogP contribution in [0.1, 0.15) is 26.3 Å². The Bertz CT molecular complexity index is 407. The molecule has 2 rings (SSSR count). The summed E-state index contributed by atoms with van der Waals surface area (Å²) in [5.74, 6) is 0.128. The number of carbonyl (C=O) groups excluding carboxylic acids is 1. The van der Waals surface area contributed by atoms with Gasteiger partial charge in [0.1, 0.15) is 0 Å². The first kappa shape index (κ1) is 11.0. The summed E-state index contributed by atoms with van der Waals surface area (Å²) < 4.78 is 1.92. The average molecular weight is 308 g/mol. The Hall–Kier alpha value is -0.511. The Balaban J connectivity index is 2.24. The molecular weight excluding hydrogens is 293 g/mol. The summed E-state index contributed by atoms with van der Waals surface area (Å²) in [7, 11) is 0. The van der Waals surface area contributed by atoms with Crippen LogP contribution < -0.4 is 8.90 Å². The molecule has 1 N–H and O–H groups in total. The van der Waals surface area contributed by atoms with Crippen LogP contribution in [-0.4, -0.2) is 27.0 Å². The number of fused-ring (bicyclic) bond motifs is 1. The third-order valence-corrected chi connectivity index (χ3v) is 6.11. The number of carbonyl (C=O) groups is 1. The first-order valence-corrected chi connectivity index (χ1v) is 8.00. The van der Waals surface area contributed by atoms with E-state index >= 15 is 0 Å². The predicted molar refractivity (Wildman–Crippen MR) is 63.9 cm³/mol. The molecule has 1 heterocycles. The molecule has 1 aromatic rings. The zero-order valence-electron chi connectivity index (χ0n) is 9.35. The fourth-order valence-corrected chi connectivity index (χ4v) is 5.29. The van der Waals surface area contributed by atoms with Crippen molar-refractivity contribution in [3.05, 3.63) is 23.8 Å². The molecule has 0 fully saturated rings. The summed E-state index contributed by atoms with van der Waals surface area (Å²) in [6, 6.07) is 6.49. The van der Waals surface area contributed by atoms with Gasteiger partial charge in [-0.2, -0.15) is 0 Å². The summed E-state index contributed by atoms with van der Waals surface area (Å²) >= 11 is -0.551. The first-order valence-electron chi connectivity index (χ1n) is 5.15. The van der Waals surface area contributed by atoms with Gasteiger partial charge in [-0.25, -0.2) is 0 Å². The molecule has 0 bridgehead atoms. The summed E-state index contributed by atoms with van der Waals surface area (Å²) in [4.78, 5) is 11.2. The van der Waals surface area contributed by atoms with Gasteiger partial charge >= 0.3 is 101 Å². The molecule has 0 saturated heterocycles. The molecule has 1 amide bonds. The van der Waals surface area contributed by atoms with E-state index in [1.807, 2.05) is 0 Å². The van der Waals surface area contributed by atoms with Crippen LogP contribution in [0.3, 0.4) is 0 Å². The van der Waals surface area contributed by atoms with Crippen LogP contribution in [0.2, 0.25) is 3.43 Å². The molecule has 2 radical (unpaired) electrons. The van der Waals surface area contributed by atoms with Crippen LogP contribution in [0.4, 0.5) is 5.69 Å². The van der Waals surface area contributed by atoms with Crippen LogP contribution in [-0.2, 0) is 11.2 Å². The molecule has 0 aromatic heterocycles. The molecule has 1 aromatic carbocycles. The standard InChI is InChI=1S/C8H6NO.C4H9.Sn/c10-8-5-6-3-1-2-4-7(6)9-8;1-4(2)3;/h1,3-4H,5H2,(H,9,10);1-3H3;. The van der Waals surface area contributed by atoms with Crippen molar-refractivity contribution in [3.63, 3.8) is 0 Å². The maximum atomic E-state index is 11.2. The Labute approximate surface area is 101 Å². The summed E-state index contributed by atoms with van der Waals surface area (Å²) in [5, 5.41) is 2.91. The van der Waals surface area contributed by atoms with Crippen molar-refractivity contribution in [1.82, 2.24) is 0 Å². The van der Waals surface area contributed by atoms with E-state index in [0.717, 1.165) is 11.3 Å². The number of benzene rings is 1. The van der Waals surface area contributed by atoms with E-state index in [-0.39, 0.29) is 5.91 Å². The maximum absolute atomic E-state index is 11.2. The quantitative estimate of drug-likeness (QED) is 0.787. The van der Waals surface area contributed by atoms with Crippen LogP contribution in [0.25, 0.3) is 0 Å². The normalized spacial score (nSPS) is 15.0. The third-order valence-electron chi connectivity index (χ3n) is 2.25. The van der Waals surface area contributed by atoms with E-state index in [1.54, 1.807) is 0 Å². The summed E-state index contributed by atoms with van der Waals surface area (Å²) in [6.07, 6.45) is 0.552. The van der Waals surface area contributed by atoms with Gasteiger partial charge in [0.2, 0.25) is 0 Å². The molecule has 1 aliphatic rings. The van der Waals surface area contributed by atoms with E-state index in [1.165, 1.54) is 3.58 Å². The van der Waals surface area contributed by atoms with E-state index in [2.05, 4.69) is 44.3 Å². The Morgan fingerprint density at radius 2 is 2.07 bits per heavy atom. The molecule has 0 spiro atoms. The van der Waals surface area contributed by atoms with Crippen LogP contribution in [0.15, 0.2) is 18.2 Å². The molecule has 0 aliphatic carbocycles. The summed E-state index contributed by atoms with van der Waals surface area (Å²) in [6.45, 7) is 6.89. The van der Waals surface area contributed by atoms with Gasteiger partial charge in [-0.15, -0.1) is 0 Å².